The van der Waals surface area contributed by atoms with Crippen molar-refractivity contribution in [3.63, 3.8) is 0 Å². The zero-order valence-corrected chi connectivity index (χ0v) is 8.09. The van der Waals surface area contributed by atoms with Crippen molar-refractivity contribution in [2.75, 3.05) is 5.73 Å². The van der Waals surface area contributed by atoms with Crippen molar-refractivity contribution in [3.8, 4) is 0 Å². The largest absolute Gasteiger partial charge is 0.399 e. The summed E-state index contributed by atoms with van der Waals surface area (Å²) in [6.45, 7) is 1.94. The minimum absolute atomic E-state index is 0.00852. The number of hydrazone groups is 1. The van der Waals surface area contributed by atoms with E-state index in [4.69, 9.17) is 17.4 Å². The lowest BCUT2D eigenvalue weighted by molar-refractivity contribution is 0.360. The van der Waals surface area contributed by atoms with Crippen LogP contribution in [0, 0.1) is 0 Å². The SMILES string of the molecule is CC(c1cccc(N)c1)N(N)/C=N\N. The summed E-state index contributed by atoms with van der Waals surface area (Å²) in [4.78, 5) is 0. The molecule has 0 heterocycles. The predicted octanol–water partition coefficient (Wildman–Crippen LogP) is 0.408. The van der Waals surface area contributed by atoms with Crippen LogP contribution in [0.15, 0.2) is 29.4 Å². The molecule has 1 aromatic rings. The zero-order valence-electron chi connectivity index (χ0n) is 8.09. The first kappa shape index (κ1) is 10.3. The van der Waals surface area contributed by atoms with Gasteiger partial charge in [0.05, 0.1) is 6.04 Å². The van der Waals surface area contributed by atoms with Crippen LogP contribution in [-0.2, 0) is 0 Å². The number of nitrogens with zero attached hydrogens (tertiary/aromatic N) is 2. The molecule has 14 heavy (non-hydrogen) atoms. The topological polar surface area (TPSA) is 93.7 Å². The zero-order chi connectivity index (χ0) is 10.6. The highest BCUT2D eigenvalue weighted by Crippen LogP contribution is 2.18. The van der Waals surface area contributed by atoms with Crippen molar-refractivity contribution < 1.29 is 0 Å². The molecule has 1 rings (SSSR count). The van der Waals surface area contributed by atoms with Crippen molar-refractivity contribution in [1.29, 1.82) is 0 Å². The fourth-order valence-electron chi connectivity index (χ4n) is 1.17. The second kappa shape index (κ2) is 4.48. The molecule has 0 bridgehead atoms. The van der Waals surface area contributed by atoms with Gasteiger partial charge in [-0.3, -0.25) is 5.01 Å². The highest BCUT2D eigenvalue weighted by molar-refractivity contribution is 5.55. The quantitative estimate of drug-likeness (QED) is 0.213. The third-order valence-electron chi connectivity index (χ3n) is 2.04. The highest BCUT2D eigenvalue weighted by atomic mass is 15.4. The maximum atomic E-state index is 5.67. The summed E-state index contributed by atoms with van der Waals surface area (Å²) in [5.74, 6) is 10.7. The Morgan fingerprint density at radius 2 is 2.21 bits per heavy atom. The Labute approximate surface area is 83.1 Å². The third-order valence-corrected chi connectivity index (χ3v) is 2.04. The summed E-state index contributed by atoms with van der Waals surface area (Å²) in [5.41, 5.74) is 7.39. The maximum absolute atomic E-state index is 5.67. The normalized spacial score (nSPS) is 13.0. The van der Waals surface area contributed by atoms with E-state index < -0.39 is 0 Å². The van der Waals surface area contributed by atoms with Gasteiger partial charge in [-0.15, -0.1) is 0 Å². The molecular weight excluding hydrogens is 178 g/mol. The molecule has 5 nitrogen and oxygen atoms in total. The molecule has 5 heteroatoms. The van der Waals surface area contributed by atoms with E-state index >= 15 is 0 Å². The Bertz CT molecular complexity index is 323. The van der Waals surface area contributed by atoms with Crippen LogP contribution in [0.1, 0.15) is 18.5 Å². The van der Waals surface area contributed by atoms with E-state index in [0.29, 0.717) is 5.69 Å². The van der Waals surface area contributed by atoms with Crippen molar-refractivity contribution >= 4 is 12.0 Å². The molecule has 76 valence electrons. The molecule has 1 unspecified atom stereocenters. The number of hydrogen-bond acceptors (Lipinski definition) is 4. The Morgan fingerprint density at radius 1 is 1.50 bits per heavy atom. The number of nitrogens with two attached hydrogens (primary N) is 3. The molecule has 1 aromatic carbocycles. The average Bonchev–Trinajstić information content (AvgIpc) is 2.17. The Morgan fingerprint density at radius 3 is 2.79 bits per heavy atom. The van der Waals surface area contributed by atoms with Crippen LogP contribution in [0.2, 0.25) is 0 Å². The fourth-order valence-corrected chi connectivity index (χ4v) is 1.17. The van der Waals surface area contributed by atoms with Crippen molar-refractivity contribution in [2.24, 2.45) is 16.8 Å². The summed E-state index contributed by atoms with van der Waals surface area (Å²) in [7, 11) is 0. The molecule has 0 spiro atoms. The Kier molecular flexibility index (Phi) is 3.30. The first-order chi connectivity index (χ1) is 6.65. The second-order valence-electron chi connectivity index (χ2n) is 3.06. The van der Waals surface area contributed by atoms with E-state index in [1.807, 2.05) is 31.2 Å². The minimum Gasteiger partial charge on any atom is -0.399 e. The van der Waals surface area contributed by atoms with Gasteiger partial charge in [-0.25, -0.2) is 5.84 Å². The predicted molar refractivity (Wildman–Crippen MR) is 58.0 cm³/mol. The summed E-state index contributed by atoms with van der Waals surface area (Å²) in [6, 6.07) is 7.52. The molecule has 0 fully saturated rings. The van der Waals surface area contributed by atoms with Crippen molar-refractivity contribution in [1.82, 2.24) is 5.01 Å². The lowest BCUT2D eigenvalue weighted by Gasteiger charge is -2.21. The number of benzene rings is 1. The van der Waals surface area contributed by atoms with E-state index in [2.05, 4.69) is 5.10 Å². The maximum Gasteiger partial charge on any atom is 0.125 e. The fraction of sp³-hybridized carbons (Fsp3) is 0.222. The van der Waals surface area contributed by atoms with Crippen LogP contribution < -0.4 is 17.4 Å². The smallest absolute Gasteiger partial charge is 0.125 e. The summed E-state index contributed by atoms with van der Waals surface area (Å²) in [6.07, 6.45) is 1.37. The molecule has 0 aromatic heterocycles. The lowest BCUT2D eigenvalue weighted by atomic mass is 10.1. The molecule has 0 saturated heterocycles. The van der Waals surface area contributed by atoms with Crippen molar-refractivity contribution in [3.05, 3.63) is 29.8 Å². The van der Waals surface area contributed by atoms with E-state index in [0.717, 1.165) is 5.56 Å². The molecule has 0 amide bonds. The molecule has 0 saturated carbocycles. The number of hydrogen-bond donors (Lipinski definition) is 3. The summed E-state index contributed by atoms with van der Waals surface area (Å²) >= 11 is 0. The number of nitrogen functional groups attached to an aromatic ring is 1. The molecule has 0 aliphatic rings. The summed E-state index contributed by atoms with van der Waals surface area (Å²) in [5, 5.41) is 4.77. The molecular formula is C9H15N5. The van der Waals surface area contributed by atoms with E-state index in [1.54, 1.807) is 0 Å². The van der Waals surface area contributed by atoms with E-state index in [1.165, 1.54) is 11.3 Å². The van der Waals surface area contributed by atoms with Crippen LogP contribution in [0.3, 0.4) is 0 Å². The monoisotopic (exact) mass is 193 g/mol. The lowest BCUT2D eigenvalue weighted by Crippen LogP contribution is -2.32. The number of rotatable bonds is 3. The molecule has 0 radical (unpaired) electrons. The Balaban J connectivity index is 2.83. The molecule has 6 N–H and O–H groups in total. The van der Waals surface area contributed by atoms with Gasteiger partial charge in [0.25, 0.3) is 0 Å². The van der Waals surface area contributed by atoms with Gasteiger partial charge in [0, 0.05) is 5.69 Å². The minimum atomic E-state index is -0.00852. The van der Waals surface area contributed by atoms with Gasteiger partial charge >= 0.3 is 0 Å². The van der Waals surface area contributed by atoms with Gasteiger partial charge in [0.1, 0.15) is 6.34 Å². The van der Waals surface area contributed by atoms with E-state index in [-0.39, 0.29) is 6.04 Å². The molecule has 0 aliphatic heterocycles. The van der Waals surface area contributed by atoms with Crippen LogP contribution >= 0.6 is 0 Å². The number of anilines is 1. The Hall–Kier alpha value is -1.75. The highest BCUT2D eigenvalue weighted by Gasteiger charge is 2.09. The van der Waals surface area contributed by atoms with Gasteiger partial charge in [-0.1, -0.05) is 12.1 Å². The number of hydrazine groups is 1. The van der Waals surface area contributed by atoms with Crippen LogP contribution in [0.5, 0.6) is 0 Å². The second-order valence-corrected chi connectivity index (χ2v) is 3.06. The van der Waals surface area contributed by atoms with Gasteiger partial charge < -0.3 is 11.6 Å². The van der Waals surface area contributed by atoms with Gasteiger partial charge in [-0.05, 0) is 24.6 Å². The first-order valence-corrected chi connectivity index (χ1v) is 4.27. The molecule has 1 atom stereocenters. The van der Waals surface area contributed by atoms with Crippen molar-refractivity contribution in [2.45, 2.75) is 13.0 Å². The van der Waals surface area contributed by atoms with Gasteiger partial charge in [0.2, 0.25) is 0 Å². The molecule has 0 aliphatic carbocycles. The van der Waals surface area contributed by atoms with Gasteiger partial charge in [0.15, 0.2) is 0 Å². The van der Waals surface area contributed by atoms with E-state index in [9.17, 15) is 0 Å². The standard InChI is InChI=1S/C9H15N5/c1-7(14(12)6-13-11)8-3-2-4-9(10)5-8/h2-7H,10-12H2,1H3/b13-6-. The van der Waals surface area contributed by atoms with Gasteiger partial charge in [-0.2, -0.15) is 5.10 Å². The van der Waals surface area contributed by atoms with Crippen LogP contribution in [0.4, 0.5) is 5.69 Å². The van der Waals surface area contributed by atoms with Crippen LogP contribution in [-0.4, -0.2) is 11.3 Å². The summed E-state index contributed by atoms with van der Waals surface area (Å²) < 4.78 is 0. The third kappa shape index (κ3) is 2.37. The first-order valence-electron chi connectivity index (χ1n) is 4.27. The van der Waals surface area contributed by atoms with Crippen LogP contribution in [0.25, 0.3) is 0 Å². The average molecular weight is 193 g/mol.